The first-order valence-corrected chi connectivity index (χ1v) is 5.41. The lowest BCUT2D eigenvalue weighted by molar-refractivity contribution is 0.551. The highest BCUT2D eigenvalue weighted by Gasteiger charge is 2.15. The Morgan fingerprint density at radius 1 is 1.31 bits per heavy atom. The second-order valence-electron chi connectivity index (χ2n) is 2.26. The van der Waals surface area contributed by atoms with Crippen LogP contribution in [0.5, 0.6) is 0 Å². The number of hydrogen-bond acceptors (Lipinski definition) is 3. The zero-order chi connectivity index (χ0) is 10.1. The van der Waals surface area contributed by atoms with Crippen LogP contribution in [-0.4, -0.2) is 13.4 Å². The van der Waals surface area contributed by atoms with E-state index in [4.69, 9.17) is 23.2 Å². The number of halogens is 3. The van der Waals surface area contributed by atoms with E-state index in [1.807, 2.05) is 0 Å². The van der Waals surface area contributed by atoms with Crippen LogP contribution in [-0.2, 0) is 16.0 Å². The molecule has 0 bridgehead atoms. The van der Waals surface area contributed by atoms with E-state index in [2.05, 4.69) is 4.98 Å². The minimum Gasteiger partial charge on any atom is -0.262 e. The van der Waals surface area contributed by atoms with Gasteiger partial charge < -0.3 is 0 Å². The highest BCUT2D eigenvalue weighted by Crippen LogP contribution is 2.25. The third-order valence-corrected chi connectivity index (χ3v) is 2.55. The number of nitrogens with zero attached hydrogens (tertiary/aromatic N) is 1. The van der Waals surface area contributed by atoms with Gasteiger partial charge in [-0.3, -0.25) is 4.98 Å². The van der Waals surface area contributed by atoms with Gasteiger partial charge in [-0.25, -0.2) is 0 Å². The molecule has 0 radical (unpaired) electrons. The van der Waals surface area contributed by atoms with Crippen molar-refractivity contribution in [1.29, 1.82) is 0 Å². The number of pyridine rings is 1. The Balaban J connectivity index is 3.15. The lowest BCUT2D eigenvalue weighted by Crippen LogP contribution is -1.98. The first kappa shape index (κ1) is 10.7. The molecule has 1 heterocycles. The number of hydrogen-bond donors (Lipinski definition) is 0. The fraction of sp³-hybridized carbons (Fsp3) is 0.167. The van der Waals surface area contributed by atoms with Crippen molar-refractivity contribution in [2.45, 2.75) is 5.75 Å². The monoisotopic (exact) mass is 243 g/mol. The molecule has 0 amide bonds. The van der Waals surface area contributed by atoms with Crippen molar-refractivity contribution in [3.63, 3.8) is 0 Å². The van der Waals surface area contributed by atoms with Crippen LogP contribution in [0.2, 0.25) is 10.0 Å². The minimum atomic E-state index is -4.62. The molecule has 0 saturated heterocycles. The average molecular weight is 244 g/mol. The van der Waals surface area contributed by atoms with Crippen molar-refractivity contribution < 1.29 is 12.3 Å². The summed E-state index contributed by atoms with van der Waals surface area (Å²) >= 11 is 11.1. The number of aromatic nitrogens is 1. The standard InChI is InChI=1S/C6H4Cl2FNO2S/c7-5-1-10-2-6(8)4(5)3-13(9,11)12/h1-2H,3H2. The molecule has 1 aromatic rings. The second-order valence-corrected chi connectivity index (χ2v) is 4.45. The molecule has 0 aromatic carbocycles. The third-order valence-electron chi connectivity index (χ3n) is 1.27. The fourth-order valence-corrected chi connectivity index (χ4v) is 2.06. The quantitative estimate of drug-likeness (QED) is 0.749. The van der Waals surface area contributed by atoms with Crippen LogP contribution in [0.4, 0.5) is 3.89 Å². The molecule has 0 spiro atoms. The summed E-state index contributed by atoms with van der Waals surface area (Å²) in [6.45, 7) is 0. The highest BCUT2D eigenvalue weighted by molar-refractivity contribution is 7.85. The lowest BCUT2D eigenvalue weighted by Gasteiger charge is -2.01. The Morgan fingerprint density at radius 3 is 2.15 bits per heavy atom. The smallest absolute Gasteiger partial charge is 0.262 e. The molecule has 0 aliphatic rings. The van der Waals surface area contributed by atoms with Crippen molar-refractivity contribution in [2.24, 2.45) is 0 Å². The molecular weight excluding hydrogens is 240 g/mol. The van der Waals surface area contributed by atoms with E-state index in [9.17, 15) is 12.3 Å². The Hall–Kier alpha value is -0.390. The van der Waals surface area contributed by atoms with Gasteiger partial charge in [-0.2, -0.15) is 8.42 Å². The molecule has 7 heteroatoms. The molecule has 1 aromatic heterocycles. The van der Waals surface area contributed by atoms with Crippen molar-refractivity contribution >= 4 is 33.4 Å². The minimum absolute atomic E-state index is 0.0285. The molecule has 0 unspecified atom stereocenters. The van der Waals surface area contributed by atoms with E-state index in [0.717, 1.165) is 0 Å². The zero-order valence-electron chi connectivity index (χ0n) is 6.17. The van der Waals surface area contributed by atoms with Crippen LogP contribution in [0.1, 0.15) is 5.56 Å². The molecule has 13 heavy (non-hydrogen) atoms. The number of rotatable bonds is 2. The van der Waals surface area contributed by atoms with E-state index in [1.54, 1.807) is 0 Å². The normalized spacial score (nSPS) is 11.6. The fourth-order valence-electron chi connectivity index (χ4n) is 0.748. The molecule has 0 aliphatic heterocycles. The summed E-state index contributed by atoms with van der Waals surface area (Å²) < 4.78 is 32.9. The molecule has 0 fully saturated rings. The Morgan fingerprint density at radius 2 is 1.77 bits per heavy atom. The van der Waals surface area contributed by atoms with Gasteiger partial charge in [0.1, 0.15) is 5.75 Å². The first-order chi connectivity index (χ1) is 5.90. The first-order valence-electron chi connectivity index (χ1n) is 3.10. The van der Waals surface area contributed by atoms with Gasteiger partial charge in [0.05, 0.1) is 10.0 Å². The average Bonchev–Trinajstić information content (AvgIpc) is 1.95. The molecular formula is C6H4Cl2FNO2S. The summed E-state index contributed by atoms with van der Waals surface area (Å²) in [4.78, 5) is 3.59. The zero-order valence-corrected chi connectivity index (χ0v) is 8.50. The maximum Gasteiger partial charge on any atom is 0.306 e. The van der Waals surface area contributed by atoms with Gasteiger partial charge in [-0.15, -0.1) is 3.89 Å². The molecule has 0 atom stereocenters. The van der Waals surface area contributed by atoms with Gasteiger partial charge in [0.25, 0.3) is 0 Å². The van der Waals surface area contributed by atoms with Gasteiger partial charge in [0.2, 0.25) is 0 Å². The Kier molecular flexibility index (Phi) is 3.10. The van der Waals surface area contributed by atoms with Crippen molar-refractivity contribution in [2.75, 3.05) is 0 Å². The van der Waals surface area contributed by atoms with E-state index in [1.165, 1.54) is 12.4 Å². The SMILES string of the molecule is O=S(=O)(F)Cc1c(Cl)cncc1Cl. The van der Waals surface area contributed by atoms with Gasteiger partial charge in [0, 0.05) is 18.0 Å². The van der Waals surface area contributed by atoms with Gasteiger partial charge in [-0.05, 0) is 0 Å². The largest absolute Gasteiger partial charge is 0.306 e. The van der Waals surface area contributed by atoms with Gasteiger partial charge in [0.15, 0.2) is 0 Å². The third kappa shape index (κ3) is 3.10. The van der Waals surface area contributed by atoms with Crippen LogP contribution >= 0.6 is 23.2 Å². The van der Waals surface area contributed by atoms with Crippen molar-refractivity contribution in [1.82, 2.24) is 4.98 Å². The molecule has 0 N–H and O–H groups in total. The summed E-state index contributed by atoms with van der Waals surface area (Å²) in [5.74, 6) is -0.826. The molecule has 72 valence electrons. The Bertz CT molecular complexity index is 400. The lowest BCUT2D eigenvalue weighted by atomic mass is 10.3. The highest BCUT2D eigenvalue weighted by atomic mass is 35.5. The Labute approximate surface area is 84.7 Å². The van der Waals surface area contributed by atoms with E-state index >= 15 is 0 Å². The molecule has 3 nitrogen and oxygen atoms in total. The summed E-state index contributed by atoms with van der Waals surface area (Å²) in [6.07, 6.45) is 2.40. The predicted molar refractivity (Wildman–Crippen MR) is 48.0 cm³/mol. The van der Waals surface area contributed by atoms with E-state index in [0.29, 0.717) is 0 Å². The molecule has 0 saturated carbocycles. The molecule has 0 aliphatic carbocycles. The van der Waals surface area contributed by atoms with Crippen molar-refractivity contribution in [3.8, 4) is 0 Å². The maximum absolute atomic E-state index is 12.3. The van der Waals surface area contributed by atoms with Crippen LogP contribution in [0.15, 0.2) is 12.4 Å². The van der Waals surface area contributed by atoms with Crippen LogP contribution in [0, 0.1) is 0 Å². The maximum atomic E-state index is 12.3. The van der Waals surface area contributed by atoms with Crippen LogP contribution < -0.4 is 0 Å². The van der Waals surface area contributed by atoms with Crippen LogP contribution in [0.25, 0.3) is 0 Å². The molecule has 1 rings (SSSR count). The summed E-state index contributed by atoms with van der Waals surface area (Å²) in [5.41, 5.74) is 0.0285. The predicted octanol–water partition coefficient (Wildman–Crippen LogP) is 2.19. The van der Waals surface area contributed by atoms with Crippen LogP contribution in [0.3, 0.4) is 0 Å². The van der Waals surface area contributed by atoms with Gasteiger partial charge >= 0.3 is 10.2 Å². The topological polar surface area (TPSA) is 47.0 Å². The van der Waals surface area contributed by atoms with E-state index < -0.39 is 16.0 Å². The second kappa shape index (κ2) is 3.77. The van der Waals surface area contributed by atoms with Gasteiger partial charge in [-0.1, -0.05) is 23.2 Å². The summed E-state index contributed by atoms with van der Waals surface area (Å²) in [5, 5.41) is 0.0717. The summed E-state index contributed by atoms with van der Waals surface area (Å²) in [6, 6.07) is 0. The van der Waals surface area contributed by atoms with Crippen molar-refractivity contribution in [3.05, 3.63) is 28.0 Å². The van der Waals surface area contributed by atoms with E-state index in [-0.39, 0.29) is 15.6 Å². The summed E-state index contributed by atoms with van der Waals surface area (Å²) in [7, 11) is -4.62.